The van der Waals surface area contributed by atoms with Crippen LogP contribution in [0.5, 0.6) is 5.75 Å². The molecule has 132 valence electrons. The van der Waals surface area contributed by atoms with E-state index in [0.717, 1.165) is 0 Å². The first-order chi connectivity index (χ1) is 11.8. The topological polar surface area (TPSA) is 75.7 Å². The zero-order valence-corrected chi connectivity index (χ0v) is 14.8. The lowest BCUT2D eigenvalue weighted by atomic mass is 9.97. The number of hydrogen-bond donors (Lipinski definition) is 2. The van der Waals surface area contributed by atoms with Gasteiger partial charge in [0.1, 0.15) is 17.8 Å². The Morgan fingerprint density at radius 1 is 1.44 bits per heavy atom. The van der Waals surface area contributed by atoms with E-state index in [1.807, 2.05) is 32.1 Å². The van der Waals surface area contributed by atoms with Crippen molar-refractivity contribution in [1.82, 2.24) is 14.3 Å². The van der Waals surface area contributed by atoms with Gasteiger partial charge in [0.05, 0.1) is 6.20 Å². The van der Waals surface area contributed by atoms with E-state index in [4.69, 9.17) is 11.6 Å². The van der Waals surface area contributed by atoms with Crippen LogP contribution in [0.2, 0.25) is 0 Å². The maximum Gasteiger partial charge on any atom is 0.275 e. The van der Waals surface area contributed by atoms with Crippen LogP contribution in [0.3, 0.4) is 0 Å². The molecule has 6 nitrogen and oxygen atoms in total. The largest absolute Gasteiger partial charge is 0.506 e. The number of rotatable bonds is 4. The van der Waals surface area contributed by atoms with Crippen LogP contribution in [0.4, 0.5) is 0 Å². The monoisotopic (exact) mass is 361 g/mol. The average Bonchev–Trinajstić information content (AvgIpc) is 2.90. The fourth-order valence-electron chi connectivity index (χ4n) is 3.03. The van der Waals surface area contributed by atoms with Crippen molar-refractivity contribution < 1.29 is 9.90 Å². The highest BCUT2D eigenvalue weighted by atomic mass is 35.5. The normalized spacial score (nSPS) is 17.1. The third kappa shape index (κ3) is 3.64. The zero-order valence-electron chi connectivity index (χ0n) is 14.1. The summed E-state index contributed by atoms with van der Waals surface area (Å²) in [6.07, 6.45) is 9.54. The van der Waals surface area contributed by atoms with Crippen molar-refractivity contribution in [2.45, 2.75) is 38.8 Å². The first kappa shape index (κ1) is 17.4. The van der Waals surface area contributed by atoms with Gasteiger partial charge in [-0.25, -0.2) is 0 Å². The van der Waals surface area contributed by atoms with E-state index in [9.17, 15) is 14.7 Å². The number of carbonyl (C=O) groups excluding carboxylic acids is 1. The lowest BCUT2D eigenvalue weighted by Crippen LogP contribution is -2.37. The summed E-state index contributed by atoms with van der Waals surface area (Å²) >= 11 is 6.11. The SMILES string of the molecule is CC(C)NC(=O)Cn1c(C2C=C(Cl)C=CC2)cn2cc(O)cc2c1=O. The summed E-state index contributed by atoms with van der Waals surface area (Å²) in [5.41, 5.74) is 0.672. The molecule has 1 aliphatic carbocycles. The molecule has 2 aromatic rings. The smallest absolute Gasteiger partial charge is 0.275 e. The highest BCUT2D eigenvalue weighted by Gasteiger charge is 2.20. The summed E-state index contributed by atoms with van der Waals surface area (Å²) in [5.74, 6) is -0.351. The second-order valence-electron chi connectivity index (χ2n) is 6.45. The lowest BCUT2D eigenvalue weighted by molar-refractivity contribution is -0.122. The average molecular weight is 362 g/mol. The van der Waals surface area contributed by atoms with Crippen molar-refractivity contribution in [3.05, 3.63) is 57.8 Å². The number of fused-ring (bicyclic) bond motifs is 1. The summed E-state index contributed by atoms with van der Waals surface area (Å²) in [5, 5.41) is 13.1. The lowest BCUT2D eigenvalue weighted by Gasteiger charge is -2.21. The number of hydrogen-bond acceptors (Lipinski definition) is 3. The predicted molar refractivity (Wildman–Crippen MR) is 97.0 cm³/mol. The molecule has 0 spiro atoms. The Bertz CT molecular complexity index is 937. The molecule has 1 unspecified atom stereocenters. The highest BCUT2D eigenvalue weighted by molar-refractivity contribution is 6.31. The molecule has 0 saturated carbocycles. The standard InChI is InChI=1S/C18H20ClN3O3/c1-11(2)20-17(24)10-22-16(12-4-3-5-13(19)6-12)9-21-8-14(23)7-15(21)18(22)25/h3,5-9,11-12,23H,4,10H2,1-2H3,(H,20,24). The Morgan fingerprint density at radius 3 is 2.88 bits per heavy atom. The molecule has 7 heteroatoms. The summed E-state index contributed by atoms with van der Waals surface area (Å²) in [6, 6.07) is 1.38. The number of carbonyl (C=O) groups is 1. The molecule has 0 radical (unpaired) electrons. The van der Waals surface area contributed by atoms with Crippen molar-refractivity contribution in [3.63, 3.8) is 0 Å². The molecule has 0 saturated heterocycles. The van der Waals surface area contributed by atoms with Gasteiger partial charge in [0, 0.05) is 34.9 Å². The number of aromatic nitrogens is 2. The molecule has 1 amide bonds. The maximum atomic E-state index is 12.9. The fraction of sp³-hybridized carbons (Fsp3) is 0.333. The number of nitrogens with one attached hydrogen (secondary N) is 1. The van der Waals surface area contributed by atoms with E-state index in [-0.39, 0.29) is 35.7 Å². The van der Waals surface area contributed by atoms with Crippen LogP contribution in [0.15, 0.2) is 46.5 Å². The van der Waals surface area contributed by atoms with Crippen molar-refractivity contribution in [1.29, 1.82) is 0 Å². The Kier molecular flexibility index (Phi) is 4.72. The maximum absolute atomic E-state index is 12.9. The second kappa shape index (κ2) is 6.80. The molecule has 25 heavy (non-hydrogen) atoms. The summed E-state index contributed by atoms with van der Waals surface area (Å²) in [7, 11) is 0. The number of halogens is 1. The van der Waals surface area contributed by atoms with Gasteiger partial charge in [-0.05, 0) is 26.3 Å². The van der Waals surface area contributed by atoms with Gasteiger partial charge in [-0.3, -0.25) is 14.2 Å². The molecule has 2 aromatic heterocycles. The van der Waals surface area contributed by atoms with Crippen LogP contribution in [-0.4, -0.2) is 26.0 Å². The minimum atomic E-state index is -0.323. The van der Waals surface area contributed by atoms with E-state index in [1.165, 1.54) is 16.8 Å². The number of allylic oxidation sites excluding steroid dienone is 4. The molecular weight excluding hydrogens is 342 g/mol. The molecular formula is C18H20ClN3O3. The van der Waals surface area contributed by atoms with Gasteiger partial charge in [0.25, 0.3) is 5.56 Å². The second-order valence-corrected chi connectivity index (χ2v) is 6.89. The van der Waals surface area contributed by atoms with E-state index in [2.05, 4.69) is 5.32 Å². The molecule has 0 bridgehead atoms. The Labute approximate surface area is 150 Å². The zero-order chi connectivity index (χ0) is 18.1. The van der Waals surface area contributed by atoms with Gasteiger partial charge in [-0.2, -0.15) is 0 Å². The van der Waals surface area contributed by atoms with Crippen LogP contribution >= 0.6 is 11.6 Å². The third-order valence-electron chi connectivity index (χ3n) is 4.04. The van der Waals surface area contributed by atoms with Crippen LogP contribution in [-0.2, 0) is 11.3 Å². The van der Waals surface area contributed by atoms with Gasteiger partial charge in [-0.15, -0.1) is 0 Å². The van der Waals surface area contributed by atoms with E-state index in [0.29, 0.717) is 22.7 Å². The molecule has 1 atom stereocenters. The highest BCUT2D eigenvalue weighted by Crippen LogP contribution is 2.28. The van der Waals surface area contributed by atoms with Gasteiger partial charge in [0.15, 0.2) is 0 Å². The molecule has 1 aliphatic rings. The number of nitrogens with zero attached hydrogens (tertiary/aromatic N) is 2. The minimum Gasteiger partial charge on any atom is -0.506 e. The van der Waals surface area contributed by atoms with Crippen molar-refractivity contribution in [2.75, 3.05) is 0 Å². The predicted octanol–water partition coefficient (Wildman–Crippen LogP) is 2.50. The van der Waals surface area contributed by atoms with Gasteiger partial charge < -0.3 is 14.8 Å². The van der Waals surface area contributed by atoms with Gasteiger partial charge in [-0.1, -0.05) is 23.8 Å². The van der Waals surface area contributed by atoms with Crippen molar-refractivity contribution in [2.24, 2.45) is 0 Å². The van der Waals surface area contributed by atoms with Crippen LogP contribution in [0.25, 0.3) is 5.52 Å². The van der Waals surface area contributed by atoms with Crippen LogP contribution < -0.4 is 10.9 Å². The summed E-state index contributed by atoms with van der Waals surface area (Å²) in [4.78, 5) is 25.1. The summed E-state index contributed by atoms with van der Waals surface area (Å²) < 4.78 is 3.04. The first-order valence-corrected chi connectivity index (χ1v) is 8.50. The molecule has 3 rings (SSSR count). The van der Waals surface area contributed by atoms with Gasteiger partial charge >= 0.3 is 0 Å². The first-order valence-electron chi connectivity index (χ1n) is 8.13. The Balaban J connectivity index is 2.12. The van der Waals surface area contributed by atoms with Crippen LogP contribution in [0, 0.1) is 0 Å². The Morgan fingerprint density at radius 2 is 2.20 bits per heavy atom. The van der Waals surface area contributed by atoms with E-state index < -0.39 is 0 Å². The molecule has 0 aromatic carbocycles. The quantitative estimate of drug-likeness (QED) is 0.878. The van der Waals surface area contributed by atoms with Crippen molar-refractivity contribution >= 4 is 23.0 Å². The molecule has 0 fully saturated rings. The molecule has 0 aliphatic heterocycles. The van der Waals surface area contributed by atoms with Crippen molar-refractivity contribution in [3.8, 4) is 5.75 Å². The molecule has 2 heterocycles. The van der Waals surface area contributed by atoms with Gasteiger partial charge in [0.2, 0.25) is 5.91 Å². The minimum absolute atomic E-state index is 0.00421. The fourth-order valence-corrected chi connectivity index (χ4v) is 3.27. The number of aromatic hydroxyl groups is 1. The van der Waals surface area contributed by atoms with E-state index >= 15 is 0 Å². The number of amides is 1. The van der Waals surface area contributed by atoms with E-state index in [1.54, 1.807) is 10.6 Å². The van der Waals surface area contributed by atoms with Crippen LogP contribution in [0.1, 0.15) is 31.9 Å². The molecule has 2 N–H and O–H groups in total. The Hall–Kier alpha value is -2.47. The third-order valence-corrected chi connectivity index (χ3v) is 4.29. The summed E-state index contributed by atoms with van der Waals surface area (Å²) in [6.45, 7) is 3.65.